The van der Waals surface area contributed by atoms with Gasteiger partial charge in [0.25, 0.3) is 5.91 Å². The molecule has 1 aromatic carbocycles. The molecule has 1 saturated heterocycles. The maximum Gasteiger partial charge on any atom is 0.254 e. The second-order valence-electron chi connectivity index (χ2n) is 4.36. The zero-order chi connectivity index (χ0) is 13.1. The molecule has 1 amide bonds. The van der Waals surface area contributed by atoms with Crippen molar-refractivity contribution < 1.29 is 9.53 Å². The largest absolute Gasteiger partial charge is 0.373 e. The molecular weight excluding hydrogens is 318 g/mol. The lowest BCUT2D eigenvalue weighted by Crippen LogP contribution is -2.46. The van der Waals surface area contributed by atoms with Gasteiger partial charge in [-0.1, -0.05) is 22.0 Å². The Kier molecular flexibility index (Phi) is 4.65. The normalized spacial score (nSPS) is 19.9. The Morgan fingerprint density at radius 1 is 1.61 bits per heavy atom. The average Bonchev–Trinajstić information content (AvgIpc) is 2.41. The van der Waals surface area contributed by atoms with Crippen LogP contribution in [0, 0.1) is 6.92 Å². The number of amides is 1. The highest BCUT2D eigenvalue weighted by atomic mass is 79.9. The van der Waals surface area contributed by atoms with Gasteiger partial charge in [-0.05, 0) is 24.6 Å². The third-order valence-electron chi connectivity index (χ3n) is 3.02. The third kappa shape index (κ3) is 3.05. The lowest BCUT2D eigenvalue weighted by Gasteiger charge is -2.32. The Labute approximate surface area is 120 Å². The monoisotopic (exact) mass is 331 g/mol. The van der Waals surface area contributed by atoms with Crippen molar-refractivity contribution in [3.63, 3.8) is 0 Å². The van der Waals surface area contributed by atoms with Crippen LogP contribution in [0.1, 0.15) is 15.9 Å². The lowest BCUT2D eigenvalue weighted by atomic mass is 10.1. The van der Waals surface area contributed by atoms with Gasteiger partial charge in [0.2, 0.25) is 0 Å². The van der Waals surface area contributed by atoms with Crippen molar-refractivity contribution in [3.05, 3.63) is 33.8 Å². The van der Waals surface area contributed by atoms with Crippen molar-refractivity contribution in [3.8, 4) is 0 Å². The van der Waals surface area contributed by atoms with Gasteiger partial charge in [-0.15, -0.1) is 11.6 Å². The van der Waals surface area contributed by atoms with Crippen LogP contribution >= 0.6 is 27.5 Å². The Morgan fingerprint density at radius 3 is 3.06 bits per heavy atom. The smallest absolute Gasteiger partial charge is 0.254 e. The predicted molar refractivity (Wildman–Crippen MR) is 75.2 cm³/mol. The van der Waals surface area contributed by atoms with Crippen molar-refractivity contribution in [1.29, 1.82) is 0 Å². The highest BCUT2D eigenvalue weighted by Gasteiger charge is 2.24. The van der Waals surface area contributed by atoms with Crippen LogP contribution in [-0.4, -0.2) is 42.5 Å². The number of hydrogen-bond acceptors (Lipinski definition) is 2. The van der Waals surface area contributed by atoms with Gasteiger partial charge in [-0.2, -0.15) is 0 Å². The fourth-order valence-corrected chi connectivity index (χ4v) is 2.47. The van der Waals surface area contributed by atoms with Gasteiger partial charge in [-0.25, -0.2) is 0 Å². The molecule has 0 saturated carbocycles. The molecule has 1 unspecified atom stereocenters. The third-order valence-corrected chi connectivity index (χ3v) is 4.22. The quantitative estimate of drug-likeness (QED) is 0.780. The molecule has 0 aliphatic carbocycles. The number of ether oxygens (including phenoxy) is 1. The Hall–Kier alpha value is -0.580. The van der Waals surface area contributed by atoms with Gasteiger partial charge in [-0.3, -0.25) is 4.79 Å². The summed E-state index contributed by atoms with van der Waals surface area (Å²) in [4.78, 5) is 14.1. The number of rotatable bonds is 2. The first-order valence-corrected chi connectivity index (χ1v) is 7.17. The van der Waals surface area contributed by atoms with Gasteiger partial charge in [0, 0.05) is 23.1 Å². The number of halogens is 2. The van der Waals surface area contributed by atoms with Crippen molar-refractivity contribution in [2.45, 2.75) is 13.0 Å². The summed E-state index contributed by atoms with van der Waals surface area (Å²) in [5, 5.41) is 0. The summed E-state index contributed by atoms with van der Waals surface area (Å²) in [7, 11) is 0. The molecule has 0 aromatic heterocycles. The number of benzene rings is 1. The maximum atomic E-state index is 12.3. The van der Waals surface area contributed by atoms with Crippen LogP contribution in [0.5, 0.6) is 0 Å². The number of carbonyl (C=O) groups excluding carboxylic acids is 1. The summed E-state index contributed by atoms with van der Waals surface area (Å²) in [6.07, 6.45) is -0.0572. The van der Waals surface area contributed by atoms with Crippen LogP contribution in [0.15, 0.2) is 22.7 Å². The van der Waals surface area contributed by atoms with Gasteiger partial charge >= 0.3 is 0 Å². The van der Waals surface area contributed by atoms with Crippen LogP contribution in [-0.2, 0) is 4.74 Å². The summed E-state index contributed by atoms with van der Waals surface area (Å²) in [6, 6.07) is 5.66. The molecule has 1 aromatic rings. The Morgan fingerprint density at radius 2 is 2.39 bits per heavy atom. The van der Waals surface area contributed by atoms with Crippen molar-refractivity contribution in [2.24, 2.45) is 0 Å². The molecule has 18 heavy (non-hydrogen) atoms. The van der Waals surface area contributed by atoms with Gasteiger partial charge in [0.05, 0.1) is 18.6 Å². The number of aryl methyl sites for hydroxylation is 1. The SMILES string of the molecule is Cc1ccc(C(=O)N2CCOC(CCl)C2)cc1Br. The molecule has 1 atom stereocenters. The molecule has 5 heteroatoms. The number of morpholine rings is 1. The first-order chi connectivity index (χ1) is 8.61. The van der Waals surface area contributed by atoms with Crippen molar-refractivity contribution in [1.82, 2.24) is 4.90 Å². The second kappa shape index (κ2) is 6.04. The van der Waals surface area contributed by atoms with E-state index in [4.69, 9.17) is 16.3 Å². The summed E-state index contributed by atoms with van der Waals surface area (Å²) in [5.41, 5.74) is 1.81. The van der Waals surface area contributed by atoms with E-state index in [-0.39, 0.29) is 12.0 Å². The minimum absolute atomic E-state index is 0.0362. The van der Waals surface area contributed by atoms with E-state index in [1.165, 1.54) is 0 Å². The van der Waals surface area contributed by atoms with Crippen LogP contribution in [0.2, 0.25) is 0 Å². The van der Waals surface area contributed by atoms with E-state index in [1.54, 1.807) is 4.90 Å². The molecule has 1 aliphatic rings. The van der Waals surface area contributed by atoms with E-state index in [0.29, 0.717) is 31.1 Å². The molecule has 0 N–H and O–H groups in total. The fraction of sp³-hybridized carbons (Fsp3) is 0.462. The highest BCUT2D eigenvalue weighted by molar-refractivity contribution is 9.10. The van der Waals surface area contributed by atoms with E-state index in [9.17, 15) is 4.79 Å². The van der Waals surface area contributed by atoms with Gasteiger partial charge < -0.3 is 9.64 Å². The molecule has 1 heterocycles. The molecule has 2 rings (SSSR count). The van der Waals surface area contributed by atoms with Crippen LogP contribution in [0.4, 0.5) is 0 Å². The van der Waals surface area contributed by atoms with E-state index in [0.717, 1.165) is 10.0 Å². The van der Waals surface area contributed by atoms with E-state index in [1.807, 2.05) is 25.1 Å². The first-order valence-electron chi connectivity index (χ1n) is 5.85. The Bertz CT molecular complexity index is 453. The molecule has 1 fully saturated rings. The van der Waals surface area contributed by atoms with Crippen molar-refractivity contribution in [2.75, 3.05) is 25.6 Å². The summed E-state index contributed by atoms with van der Waals surface area (Å²) in [5.74, 6) is 0.454. The zero-order valence-corrected chi connectivity index (χ0v) is 12.5. The minimum atomic E-state index is -0.0572. The van der Waals surface area contributed by atoms with Crippen LogP contribution in [0.25, 0.3) is 0 Å². The molecule has 0 bridgehead atoms. The van der Waals surface area contributed by atoms with E-state index >= 15 is 0 Å². The number of nitrogens with zero attached hydrogens (tertiary/aromatic N) is 1. The minimum Gasteiger partial charge on any atom is -0.373 e. The fourth-order valence-electron chi connectivity index (χ4n) is 1.91. The number of hydrogen-bond donors (Lipinski definition) is 0. The summed E-state index contributed by atoms with van der Waals surface area (Å²) in [6.45, 7) is 3.73. The average molecular weight is 333 g/mol. The molecular formula is C13H15BrClNO2. The van der Waals surface area contributed by atoms with E-state index in [2.05, 4.69) is 15.9 Å². The van der Waals surface area contributed by atoms with Crippen molar-refractivity contribution >= 4 is 33.4 Å². The molecule has 0 radical (unpaired) electrons. The molecule has 1 aliphatic heterocycles. The van der Waals surface area contributed by atoms with Gasteiger partial charge in [0.1, 0.15) is 0 Å². The number of carbonyl (C=O) groups is 1. The Balaban J connectivity index is 2.12. The summed E-state index contributed by atoms with van der Waals surface area (Å²) >= 11 is 9.22. The molecule has 98 valence electrons. The zero-order valence-electron chi connectivity index (χ0n) is 10.2. The standard InChI is InChI=1S/C13H15BrClNO2/c1-9-2-3-10(6-12(9)14)13(17)16-4-5-18-11(7-15)8-16/h2-3,6,11H,4-5,7-8H2,1H3. The van der Waals surface area contributed by atoms with Crippen LogP contribution < -0.4 is 0 Å². The number of alkyl halides is 1. The predicted octanol–water partition coefficient (Wildman–Crippen LogP) is 2.84. The highest BCUT2D eigenvalue weighted by Crippen LogP contribution is 2.19. The maximum absolute atomic E-state index is 12.3. The molecule has 0 spiro atoms. The first kappa shape index (κ1) is 13.8. The van der Waals surface area contributed by atoms with Gasteiger partial charge in [0.15, 0.2) is 0 Å². The second-order valence-corrected chi connectivity index (χ2v) is 5.53. The lowest BCUT2D eigenvalue weighted by molar-refractivity contribution is -0.0108. The topological polar surface area (TPSA) is 29.5 Å². The van der Waals surface area contributed by atoms with Crippen LogP contribution in [0.3, 0.4) is 0 Å². The summed E-state index contributed by atoms with van der Waals surface area (Å²) < 4.78 is 6.41. The molecule has 3 nitrogen and oxygen atoms in total. The van der Waals surface area contributed by atoms with E-state index < -0.39 is 0 Å².